The van der Waals surface area contributed by atoms with E-state index in [4.69, 9.17) is 15.1 Å². The van der Waals surface area contributed by atoms with Crippen LogP contribution in [0.4, 0.5) is 0 Å². The molecule has 0 saturated carbocycles. The third-order valence-corrected chi connectivity index (χ3v) is 0. The molecule has 0 aliphatic rings. The van der Waals surface area contributed by atoms with E-state index in [1.807, 2.05) is 0 Å². The van der Waals surface area contributed by atoms with Gasteiger partial charge in [-0.15, -0.1) is 0 Å². The third kappa shape index (κ3) is 86.2. The molecule has 0 spiro atoms. The van der Waals surface area contributed by atoms with Crippen molar-refractivity contribution in [1.29, 1.82) is 0 Å². The topological polar surface area (TPSA) is 60.7 Å². The van der Waals surface area contributed by atoms with Gasteiger partial charge in [-0.25, -0.2) is 0 Å². The molecule has 6 heavy (non-hydrogen) atoms. The van der Waals surface area contributed by atoms with Gasteiger partial charge in [0.2, 0.25) is 0 Å². The molecule has 0 aliphatic heterocycles. The Morgan fingerprint density at radius 1 is 1.00 bits per heavy atom. The number of hydrogen-bond donors (Lipinski definition) is 3. The van der Waals surface area contributed by atoms with Crippen molar-refractivity contribution in [2.24, 2.45) is 0 Å². The summed E-state index contributed by atoms with van der Waals surface area (Å²) >= 11 is 0. The van der Waals surface area contributed by atoms with E-state index in [2.05, 4.69) is 0 Å². The van der Waals surface area contributed by atoms with Crippen LogP contribution in [0.1, 0.15) is 7.43 Å². The quantitative estimate of drug-likeness (QED) is 0.308. The molecular weight excluding hydrogens is 93.8 g/mol. The zero-order valence-corrected chi connectivity index (χ0v) is 1.92. The van der Waals surface area contributed by atoms with Crippen molar-refractivity contribution in [2.75, 3.05) is 0 Å². The second kappa shape index (κ2) is 9.34. The molecule has 0 radical (unpaired) electrons. The molecule has 0 atom stereocenters. The molecule has 0 saturated heterocycles. The minimum absolute atomic E-state index is 0. The second-order valence-corrected chi connectivity index (χ2v) is 0.346. The molecule has 34 valence electrons. The average molecular weight is 102 g/mol. The Morgan fingerprint density at radius 3 is 1.00 bits per heavy atom. The summed E-state index contributed by atoms with van der Waals surface area (Å²) in [7, 11) is -2.17. The van der Waals surface area contributed by atoms with Crippen LogP contribution in [0.25, 0.3) is 0 Å². The van der Waals surface area contributed by atoms with Crippen LogP contribution in [0.15, 0.2) is 0 Å². The van der Waals surface area contributed by atoms with Crippen molar-refractivity contribution in [1.82, 2.24) is 0 Å². The monoisotopic (exact) mass is 102 g/mol. The fraction of sp³-hybridized carbons (Fsp3) is 1.00. The molecule has 0 bridgehead atoms. The van der Waals surface area contributed by atoms with Crippen molar-refractivity contribution in [3.8, 4) is 0 Å². The zero-order chi connectivity index (χ0) is 3.58. The van der Waals surface area contributed by atoms with E-state index in [9.17, 15) is 0 Å². The minimum atomic E-state index is -2.17. The summed E-state index contributed by atoms with van der Waals surface area (Å²) in [5, 5.41) is 21.5. The van der Waals surface area contributed by atoms with Crippen molar-refractivity contribution < 1.29 is 15.1 Å². The van der Waals surface area contributed by atoms with E-state index in [1.165, 1.54) is 0 Å². The Kier molecular flexibility index (Phi) is 24.6. The normalized spacial score (nSPS) is 4.50. The van der Waals surface area contributed by atoms with Gasteiger partial charge in [0.1, 0.15) is 0 Å². The summed E-state index contributed by atoms with van der Waals surface area (Å²) in [6.07, 6.45) is 0. The Hall–Kier alpha value is 0.945. The SMILES string of the molecule is C.OB(O)O.[NaH]. The van der Waals surface area contributed by atoms with Gasteiger partial charge in [-0.2, -0.15) is 0 Å². The summed E-state index contributed by atoms with van der Waals surface area (Å²) in [6, 6.07) is 0. The van der Waals surface area contributed by atoms with Gasteiger partial charge in [0.25, 0.3) is 0 Å². The summed E-state index contributed by atoms with van der Waals surface area (Å²) in [6.45, 7) is 0. The first-order valence-electron chi connectivity index (χ1n) is 0.775. The first kappa shape index (κ1) is 15.8. The van der Waals surface area contributed by atoms with E-state index in [0.717, 1.165) is 0 Å². The molecule has 0 heterocycles. The maximum absolute atomic E-state index is 7.17. The fourth-order valence-electron chi connectivity index (χ4n) is 0. The van der Waals surface area contributed by atoms with Crippen LogP contribution in [-0.2, 0) is 0 Å². The molecule has 0 aliphatic carbocycles. The molecule has 5 heteroatoms. The molecule has 0 unspecified atom stereocenters. The van der Waals surface area contributed by atoms with Crippen molar-refractivity contribution >= 4 is 36.9 Å². The van der Waals surface area contributed by atoms with Crippen LogP contribution >= 0.6 is 0 Å². The second-order valence-electron chi connectivity index (χ2n) is 0.346. The van der Waals surface area contributed by atoms with Crippen LogP contribution in [0, 0.1) is 0 Å². The molecular formula is CH8BNaO3. The van der Waals surface area contributed by atoms with Gasteiger partial charge in [-0.3, -0.25) is 0 Å². The van der Waals surface area contributed by atoms with Crippen LogP contribution in [0.3, 0.4) is 0 Å². The fourth-order valence-corrected chi connectivity index (χ4v) is 0. The van der Waals surface area contributed by atoms with Gasteiger partial charge >= 0.3 is 36.9 Å². The Balaban J connectivity index is -0.0000000450. The molecule has 0 aromatic rings. The van der Waals surface area contributed by atoms with Gasteiger partial charge in [0, 0.05) is 0 Å². The Morgan fingerprint density at radius 2 is 1.00 bits per heavy atom. The summed E-state index contributed by atoms with van der Waals surface area (Å²) in [5.74, 6) is 0. The van der Waals surface area contributed by atoms with E-state index >= 15 is 0 Å². The van der Waals surface area contributed by atoms with Gasteiger partial charge in [-0.05, 0) is 0 Å². The van der Waals surface area contributed by atoms with Crippen LogP contribution < -0.4 is 0 Å². The number of rotatable bonds is 0. The van der Waals surface area contributed by atoms with Gasteiger partial charge in [-0.1, -0.05) is 7.43 Å². The first-order valence-corrected chi connectivity index (χ1v) is 0.775. The van der Waals surface area contributed by atoms with Crippen molar-refractivity contribution in [3.05, 3.63) is 0 Å². The summed E-state index contributed by atoms with van der Waals surface area (Å²) in [4.78, 5) is 0. The molecule has 0 rings (SSSR count). The van der Waals surface area contributed by atoms with Gasteiger partial charge in [0.05, 0.1) is 0 Å². The molecule has 3 nitrogen and oxygen atoms in total. The van der Waals surface area contributed by atoms with E-state index < -0.39 is 7.32 Å². The van der Waals surface area contributed by atoms with Crippen LogP contribution in [0.5, 0.6) is 0 Å². The van der Waals surface area contributed by atoms with Crippen molar-refractivity contribution in [2.45, 2.75) is 7.43 Å². The summed E-state index contributed by atoms with van der Waals surface area (Å²) in [5.41, 5.74) is 0. The predicted octanol–water partition coefficient (Wildman–Crippen LogP) is -2.06. The van der Waals surface area contributed by atoms with E-state index in [0.29, 0.717) is 0 Å². The predicted molar refractivity (Wildman–Crippen MR) is 26.3 cm³/mol. The van der Waals surface area contributed by atoms with Gasteiger partial charge in [0.15, 0.2) is 0 Å². The summed E-state index contributed by atoms with van der Waals surface area (Å²) < 4.78 is 0. The van der Waals surface area contributed by atoms with Gasteiger partial charge < -0.3 is 15.1 Å². The molecule has 0 fully saturated rings. The van der Waals surface area contributed by atoms with E-state index in [-0.39, 0.29) is 37.0 Å². The molecule has 0 aromatic carbocycles. The molecule has 3 N–H and O–H groups in total. The molecule has 0 aromatic heterocycles. The maximum atomic E-state index is 7.17. The standard InChI is InChI=1S/CH4.BH3O3.Na.H/c;2-1(3)4;;/h1H4;2-4H;;. The Labute approximate surface area is 59.5 Å². The van der Waals surface area contributed by atoms with Crippen LogP contribution in [0.2, 0.25) is 0 Å². The Bertz CT molecular complexity index is 15.5. The third-order valence-electron chi connectivity index (χ3n) is 0. The number of hydrogen-bond acceptors (Lipinski definition) is 3. The van der Waals surface area contributed by atoms with Crippen molar-refractivity contribution in [3.63, 3.8) is 0 Å². The van der Waals surface area contributed by atoms with Crippen LogP contribution in [-0.4, -0.2) is 52.0 Å². The average Bonchev–Trinajstić information content (AvgIpc) is 0.811. The zero-order valence-electron chi connectivity index (χ0n) is 1.92. The first-order chi connectivity index (χ1) is 1.73. The molecule has 0 amide bonds. The van der Waals surface area contributed by atoms with E-state index in [1.54, 1.807) is 0 Å².